The zero-order chi connectivity index (χ0) is 18.5. The summed E-state index contributed by atoms with van der Waals surface area (Å²) in [5, 5.41) is 14.8. The topological polar surface area (TPSA) is 112 Å². The van der Waals surface area contributed by atoms with E-state index in [-0.39, 0.29) is 17.6 Å². The molecule has 0 unspecified atom stereocenters. The molecule has 1 aliphatic rings. The number of hydrogen-bond donors (Lipinski definition) is 0. The van der Waals surface area contributed by atoms with Gasteiger partial charge in [-0.05, 0) is 32.9 Å². The summed E-state index contributed by atoms with van der Waals surface area (Å²) in [5.74, 6) is 0.596. The molecular weight excluding hydrogens is 340 g/mol. The van der Waals surface area contributed by atoms with E-state index < -0.39 is 4.92 Å². The van der Waals surface area contributed by atoms with Gasteiger partial charge < -0.3 is 9.26 Å². The van der Waals surface area contributed by atoms with Crippen molar-refractivity contribution in [1.29, 1.82) is 0 Å². The number of carbonyl (C=O) groups is 1. The molecule has 0 N–H and O–H groups in total. The van der Waals surface area contributed by atoms with Gasteiger partial charge in [-0.2, -0.15) is 4.98 Å². The van der Waals surface area contributed by atoms with Crippen LogP contribution in [0.2, 0.25) is 0 Å². The zero-order valence-corrected chi connectivity index (χ0v) is 14.5. The first kappa shape index (κ1) is 18.0. The summed E-state index contributed by atoms with van der Waals surface area (Å²) in [6.07, 6.45) is 1.48. The van der Waals surface area contributed by atoms with E-state index in [4.69, 9.17) is 9.26 Å². The molecule has 1 aliphatic heterocycles. The van der Waals surface area contributed by atoms with Gasteiger partial charge in [-0.3, -0.25) is 19.8 Å². The minimum Gasteiger partial charge on any atom is -0.466 e. The molecule has 9 heteroatoms. The molecule has 2 heterocycles. The molecule has 1 aromatic carbocycles. The monoisotopic (exact) mass is 360 g/mol. The highest BCUT2D eigenvalue weighted by Crippen LogP contribution is 2.23. The number of nitro groups is 1. The Hall–Kier alpha value is -2.81. The number of hydrogen-bond acceptors (Lipinski definition) is 8. The number of carbonyl (C=O) groups excluding carboxylic acids is 1. The SMILES string of the molecule is CCOC(=O)C1CCN(Cc2nc(-c3cccc([N+](=O)[O-])c3)no2)CC1. The Morgan fingerprint density at radius 2 is 2.19 bits per heavy atom. The molecule has 0 saturated carbocycles. The molecule has 1 aromatic heterocycles. The average molecular weight is 360 g/mol. The fourth-order valence-corrected chi connectivity index (χ4v) is 2.97. The number of esters is 1. The maximum Gasteiger partial charge on any atom is 0.309 e. The van der Waals surface area contributed by atoms with Crippen molar-refractivity contribution in [2.75, 3.05) is 19.7 Å². The second-order valence-electron chi connectivity index (χ2n) is 6.12. The number of non-ortho nitro benzene ring substituents is 1. The molecule has 3 rings (SSSR count). The van der Waals surface area contributed by atoms with E-state index in [1.165, 1.54) is 12.1 Å². The highest BCUT2D eigenvalue weighted by molar-refractivity contribution is 5.72. The summed E-state index contributed by atoms with van der Waals surface area (Å²) >= 11 is 0. The molecule has 0 amide bonds. The van der Waals surface area contributed by atoms with Crippen molar-refractivity contribution in [1.82, 2.24) is 15.0 Å². The molecule has 2 aromatic rings. The van der Waals surface area contributed by atoms with Gasteiger partial charge >= 0.3 is 5.97 Å². The largest absolute Gasteiger partial charge is 0.466 e. The third kappa shape index (κ3) is 4.23. The summed E-state index contributed by atoms with van der Waals surface area (Å²) in [6.45, 7) is 4.19. The lowest BCUT2D eigenvalue weighted by molar-refractivity contribution is -0.384. The van der Waals surface area contributed by atoms with Crippen molar-refractivity contribution in [2.45, 2.75) is 26.3 Å². The first-order chi connectivity index (χ1) is 12.6. The number of piperidine rings is 1. The summed E-state index contributed by atoms with van der Waals surface area (Å²) in [6, 6.07) is 6.12. The lowest BCUT2D eigenvalue weighted by atomic mass is 9.97. The van der Waals surface area contributed by atoms with E-state index >= 15 is 0 Å². The molecule has 0 radical (unpaired) electrons. The minimum atomic E-state index is -0.460. The summed E-state index contributed by atoms with van der Waals surface area (Å²) < 4.78 is 10.3. The van der Waals surface area contributed by atoms with E-state index in [1.54, 1.807) is 12.1 Å². The highest BCUT2D eigenvalue weighted by atomic mass is 16.6. The Bertz CT molecular complexity index is 783. The van der Waals surface area contributed by atoms with Crippen molar-refractivity contribution in [3.8, 4) is 11.4 Å². The highest BCUT2D eigenvalue weighted by Gasteiger charge is 2.26. The molecule has 9 nitrogen and oxygen atoms in total. The van der Waals surface area contributed by atoms with Crippen LogP contribution in [-0.2, 0) is 16.1 Å². The maximum atomic E-state index is 11.8. The number of aromatic nitrogens is 2. The van der Waals surface area contributed by atoms with Crippen LogP contribution < -0.4 is 0 Å². The van der Waals surface area contributed by atoms with Gasteiger partial charge in [0.15, 0.2) is 0 Å². The van der Waals surface area contributed by atoms with E-state index in [9.17, 15) is 14.9 Å². The molecule has 0 aliphatic carbocycles. The van der Waals surface area contributed by atoms with Crippen molar-refractivity contribution < 1.29 is 19.0 Å². The summed E-state index contributed by atoms with van der Waals surface area (Å²) in [4.78, 5) is 28.6. The zero-order valence-electron chi connectivity index (χ0n) is 14.5. The van der Waals surface area contributed by atoms with Gasteiger partial charge in [0.25, 0.3) is 5.69 Å². The van der Waals surface area contributed by atoms with Gasteiger partial charge in [0.2, 0.25) is 11.7 Å². The van der Waals surface area contributed by atoms with Crippen LogP contribution in [0.3, 0.4) is 0 Å². The van der Waals surface area contributed by atoms with E-state index in [0.29, 0.717) is 30.4 Å². The van der Waals surface area contributed by atoms with Crippen molar-refractivity contribution in [2.24, 2.45) is 5.92 Å². The number of ether oxygens (including phenoxy) is 1. The fraction of sp³-hybridized carbons (Fsp3) is 0.471. The number of nitro benzene ring substituents is 1. The first-order valence-electron chi connectivity index (χ1n) is 8.53. The fourth-order valence-electron chi connectivity index (χ4n) is 2.97. The van der Waals surface area contributed by atoms with Gasteiger partial charge in [0, 0.05) is 17.7 Å². The number of benzene rings is 1. The Balaban J connectivity index is 1.59. The Kier molecular flexibility index (Phi) is 5.57. The van der Waals surface area contributed by atoms with E-state index in [1.807, 2.05) is 6.92 Å². The van der Waals surface area contributed by atoms with Gasteiger partial charge in [-0.1, -0.05) is 17.3 Å². The third-order valence-corrected chi connectivity index (χ3v) is 4.35. The van der Waals surface area contributed by atoms with Crippen LogP contribution in [0.4, 0.5) is 5.69 Å². The average Bonchev–Trinajstić information content (AvgIpc) is 3.11. The van der Waals surface area contributed by atoms with Crippen molar-refractivity contribution in [3.05, 3.63) is 40.3 Å². The molecule has 0 spiro atoms. The molecule has 1 saturated heterocycles. The minimum absolute atomic E-state index is 0.0186. The van der Waals surface area contributed by atoms with Crippen molar-refractivity contribution in [3.63, 3.8) is 0 Å². The third-order valence-electron chi connectivity index (χ3n) is 4.35. The van der Waals surface area contributed by atoms with Gasteiger partial charge in [0.05, 0.1) is 24.0 Å². The van der Waals surface area contributed by atoms with Crippen LogP contribution in [-0.4, -0.2) is 45.6 Å². The Labute approximate surface area is 150 Å². The summed E-state index contributed by atoms with van der Waals surface area (Å²) in [5.41, 5.74) is 0.519. The standard InChI is InChI=1S/C17H20N4O5/c1-2-25-17(22)12-6-8-20(9-7-12)11-15-18-16(19-26-15)13-4-3-5-14(10-13)21(23)24/h3-5,10,12H,2,6-9,11H2,1H3. The molecule has 1 fully saturated rings. The van der Waals surface area contributed by atoms with Crippen LogP contribution in [0.15, 0.2) is 28.8 Å². The lowest BCUT2D eigenvalue weighted by Gasteiger charge is -2.29. The van der Waals surface area contributed by atoms with Gasteiger partial charge in [0.1, 0.15) is 0 Å². The maximum absolute atomic E-state index is 11.8. The van der Waals surface area contributed by atoms with Crippen LogP contribution >= 0.6 is 0 Å². The van der Waals surface area contributed by atoms with Crippen molar-refractivity contribution >= 4 is 11.7 Å². The normalized spacial score (nSPS) is 15.7. The molecule has 138 valence electrons. The number of likely N-dealkylation sites (tertiary alicyclic amines) is 1. The van der Waals surface area contributed by atoms with Crippen LogP contribution in [0.5, 0.6) is 0 Å². The molecule has 0 bridgehead atoms. The first-order valence-corrected chi connectivity index (χ1v) is 8.53. The summed E-state index contributed by atoms with van der Waals surface area (Å²) in [7, 11) is 0. The second-order valence-corrected chi connectivity index (χ2v) is 6.12. The number of nitrogens with zero attached hydrogens (tertiary/aromatic N) is 4. The van der Waals surface area contributed by atoms with E-state index in [2.05, 4.69) is 15.0 Å². The Morgan fingerprint density at radius 1 is 1.42 bits per heavy atom. The molecule has 0 atom stereocenters. The van der Waals surface area contributed by atoms with Crippen LogP contribution in [0.1, 0.15) is 25.7 Å². The Morgan fingerprint density at radius 3 is 2.88 bits per heavy atom. The van der Waals surface area contributed by atoms with Crippen LogP contribution in [0.25, 0.3) is 11.4 Å². The molecule has 26 heavy (non-hydrogen) atoms. The lowest BCUT2D eigenvalue weighted by Crippen LogP contribution is -2.36. The van der Waals surface area contributed by atoms with Crippen LogP contribution in [0, 0.1) is 16.0 Å². The van der Waals surface area contributed by atoms with E-state index in [0.717, 1.165) is 25.9 Å². The van der Waals surface area contributed by atoms with Gasteiger partial charge in [-0.25, -0.2) is 0 Å². The predicted octanol–water partition coefficient (Wildman–Crippen LogP) is 2.42. The van der Waals surface area contributed by atoms with Gasteiger partial charge in [-0.15, -0.1) is 0 Å². The smallest absolute Gasteiger partial charge is 0.309 e. The molecular formula is C17H20N4O5. The quantitative estimate of drug-likeness (QED) is 0.438. The second kappa shape index (κ2) is 8.05. The number of rotatable bonds is 6. The predicted molar refractivity (Wildman–Crippen MR) is 91.0 cm³/mol.